The number of carbonyl (C=O) groups excluding carboxylic acids is 1. The van der Waals surface area contributed by atoms with Crippen molar-refractivity contribution in [3.8, 4) is 11.5 Å². The minimum absolute atomic E-state index is 0.0158. The molecule has 1 aromatic rings. The van der Waals surface area contributed by atoms with E-state index in [-0.39, 0.29) is 23.9 Å². The molecule has 1 rings (SSSR count). The molecule has 0 radical (unpaired) electrons. The first-order valence-corrected chi connectivity index (χ1v) is 7.15. The van der Waals surface area contributed by atoms with Crippen LogP contribution in [0.1, 0.15) is 26.3 Å². The van der Waals surface area contributed by atoms with Crippen LogP contribution in [0.4, 0.5) is 0 Å². The first kappa shape index (κ1) is 17.3. The molecule has 21 heavy (non-hydrogen) atoms. The number of rotatable bonds is 7. The zero-order valence-electron chi connectivity index (χ0n) is 13.5. The van der Waals surface area contributed by atoms with Crippen LogP contribution in [0, 0.1) is 5.92 Å². The molecule has 1 amide bonds. The normalized spacial score (nSPS) is 15.0. The SMILES string of the molecule is COc1ccc(CC(C)NC(=O)C(C)C(C)N)cc1OC. The smallest absolute Gasteiger partial charge is 0.224 e. The Kier molecular flexibility index (Phi) is 6.49. The first-order valence-electron chi connectivity index (χ1n) is 7.15. The van der Waals surface area contributed by atoms with Gasteiger partial charge >= 0.3 is 0 Å². The van der Waals surface area contributed by atoms with Gasteiger partial charge in [0.15, 0.2) is 11.5 Å². The molecule has 0 aromatic heterocycles. The number of benzene rings is 1. The second-order valence-corrected chi connectivity index (χ2v) is 5.45. The second kappa shape index (κ2) is 7.88. The molecule has 3 unspecified atom stereocenters. The van der Waals surface area contributed by atoms with Crippen molar-refractivity contribution in [1.29, 1.82) is 0 Å². The average Bonchev–Trinajstić information content (AvgIpc) is 2.45. The van der Waals surface area contributed by atoms with Crippen molar-refractivity contribution in [2.45, 2.75) is 39.3 Å². The van der Waals surface area contributed by atoms with Gasteiger partial charge in [0.2, 0.25) is 5.91 Å². The Balaban J connectivity index is 2.66. The fraction of sp³-hybridized carbons (Fsp3) is 0.562. The zero-order chi connectivity index (χ0) is 16.0. The molecular weight excluding hydrogens is 268 g/mol. The fourth-order valence-corrected chi connectivity index (χ4v) is 2.03. The molecule has 0 bridgehead atoms. The lowest BCUT2D eigenvalue weighted by molar-refractivity contribution is -0.125. The van der Waals surface area contributed by atoms with Crippen LogP contribution in [0.3, 0.4) is 0 Å². The first-order chi connectivity index (χ1) is 9.88. The number of nitrogens with one attached hydrogen (secondary N) is 1. The monoisotopic (exact) mass is 294 g/mol. The van der Waals surface area contributed by atoms with Crippen molar-refractivity contribution in [2.75, 3.05) is 14.2 Å². The van der Waals surface area contributed by atoms with Crippen molar-refractivity contribution in [2.24, 2.45) is 11.7 Å². The van der Waals surface area contributed by atoms with E-state index in [1.54, 1.807) is 14.2 Å². The Morgan fingerprint density at radius 2 is 1.81 bits per heavy atom. The minimum Gasteiger partial charge on any atom is -0.493 e. The van der Waals surface area contributed by atoms with Crippen molar-refractivity contribution >= 4 is 5.91 Å². The van der Waals surface area contributed by atoms with E-state index in [1.165, 1.54) is 0 Å². The van der Waals surface area contributed by atoms with Gasteiger partial charge in [-0.2, -0.15) is 0 Å². The Bertz CT molecular complexity index is 475. The highest BCUT2D eigenvalue weighted by Crippen LogP contribution is 2.27. The van der Waals surface area contributed by atoms with Crippen molar-refractivity contribution < 1.29 is 14.3 Å². The van der Waals surface area contributed by atoms with Gasteiger partial charge in [-0.1, -0.05) is 13.0 Å². The highest BCUT2D eigenvalue weighted by atomic mass is 16.5. The second-order valence-electron chi connectivity index (χ2n) is 5.45. The number of hydrogen-bond donors (Lipinski definition) is 2. The van der Waals surface area contributed by atoms with E-state index in [2.05, 4.69) is 5.32 Å². The fourth-order valence-electron chi connectivity index (χ4n) is 2.03. The van der Waals surface area contributed by atoms with E-state index >= 15 is 0 Å². The van der Waals surface area contributed by atoms with Crippen molar-refractivity contribution in [1.82, 2.24) is 5.32 Å². The Morgan fingerprint density at radius 1 is 1.19 bits per heavy atom. The van der Waals surface area contributed by atoms with Gasteiger partial charge in [0.25, 0.3) is 0 Å². The molecule has 1 aromatic carbocycles. The molecule has 3 N–H and O–H groups in total. The molecule has 5 nitrogen and oxygen atoms in total. The Morgan fingerprint density at radius 3 is 2.33 bits per heavy atom. The standard InChI is InChI=1S/C16H26N2O3/c1-10(18-16(19)11(2)12(3)17)8-13-6-7-14(20-4)15(9-13)21-5/h6-7,9-12H,8,17H2,1-5H3,(H,18,19). The summed E-state index contributed by atoms with van der Waals surface area (Å²) in [5.74, 6) is 1.18. The zero-order valence-corrected chi connectivity index (χ0v) is 13.5. The molecular formula is C16H26N2O3. The van der Waals surface area contributed by atoms with Crippen LogP contribution >= 0.6 is 0 Å². The largest absolute Gasteiger partial charge is 0.493 e. The van der Waals surface area contributed by atoms with Crippen molar-refractivity contribution in [3.63, 3.8) is 0 Å². The summed E-state index contributed by atoms with van der Waals surface area (Å²) in [4.78, 5) is 12.0. The summed E-state index contributed by atoms with van der Waals surface area (Å²) in [6.45, 7) is 5.65. The predicted molar refractivity (Wildman–Crippen MR) is 83.7 cm³/mol. The number of hydrogen-bond acceptors (Lipinski definition) is 4. The highest BCUT2D eigenvalue weighted by Gasteiger charge is 2.19. The Hall–Kier alpha value is -1.75. The van der Waals surface area contributed by atoms with E-state index in [0.717, 1.165) is 12.0 Å². The number of ether oxygens (including phenoxy) is 2. The maximum absolute atomic E-state index is 12.0. The number of nitrogens with two attached hydrogens (primary N) is 1. The summed E-state index contributed by atoms with van der Waals surface area (Å²) in [7, 11) is 3.22. The van der Waals surface area contributed by atoms with Crippen LogP contribution in [0.2, 0.25) is 0 Å². The van der Waals surface area contributed by atoms with Gasteiger partial charge in [0.05, 0.1) is 14.2 Å². The topological polar surface area (TPSA) is 73.6 Å². The summed E-state index contributed by atoms with van der Waals surface area (Å²) in [5, 5.41) is 2.98. The summed E-state index contributed by atoms with van der Waals surface area (Å²) in [6, 6.07) is 5.64. The molecule has 0 aliphatic carbocycles. The van der Waals surface area contributed by atoms with Crippen molar-refractivity contribution in [3.05, 3.63) is 23.8 Å². The summed E-state index contributed by atoms with van der Waals surface area (Å²) < 4.78 is 10.5. The number of carbonyl (C=O) groups is 1. The van der Waals surface area contributed by atoms with E-state index in [1.807, 2.05) is 39.0 Å². The molecule has 0 saturated heterocycles. The Labute approximate surface area is 126 Å². The average molecular weight is 294 g/mol. The van der Waals surface area contributed by atoms with Crippen LogP contribution < -0.4 is 20.5 Å². The molecule has 0 aliphatic heterocycles. The van der Waals surface area contributed by atoms with Gasteiger partial charge in [-0.25, -0.2) is 0 Å². The lowest BCUT2D eigenvalue weighted by atomic mass is 10.0. The van der Waals surface area contributed by atoms with Crippen LogP contribution in [0.15, 0.2) is 18.2 Å². The third kappa shape index (κ3) is 4.93. The molecule has 0 saturated carbocycles. The van der Waals surface area contributed by atoms with E-state index < -0.39 is 0 Å². The molecule has 5 heteroatoms. The highest BCUT2D eigenvalue weighted by molar-refractivity contribution is 5.79. The molecule has 0 fully saturated rings. The molecule has 3 atom stereocenters. The lowest BCUT2D eigenvalue weighted by Gasteiger charge is -2.20. The predicted octanol–water partition coefficient (Wildman–Crippen LogP) is 1.73. The minimum atomic E-state index is -0.196. The third-order valence-electron chi connectivity index (χ3n) is 3.58. The van der Waals surface area contributed by atoms with Crippen LogP contribution in [0.25, 0.3) is 0 Å². The molecule has 118 valence electrons. The maximum Gasteiger partial charge on any atom is 0.224 e. The summed E-state index contributed by atoms with van der Waals surface area (Å²) >= 11 is 0. The van der Waals surface area contributed by atoms with Gasteiger partial charge in [0.1, 0.15) is 0 Å². The number of methoxy groups -OCH3 is 2. The summed E-state index contributed by atoms with van der Waals surface area (Å²) in [6.07, 6.45) is 0.720. The van der Waals surface area contributed by atoms with Gasteiger partial charge in [-0.05, 0) is 38.0 Å². The van der Waals surface area contributed by atoms with E-state index in [0.29, 0.717) is 11.5 Å². The lowest BCUT2D eigenvalue weighted by Crippen LogP contribution is -2.43. The van der Waals surface area contributed by atoms with Gasteiger partial charge < -0.3 is 20.5 Å². The molecule has 0 heterocycles. The van der Waals surface area contributed by atoms with E-state index in [4.69, 9.17) is 15.2 Å². The molecule has 0 spiro atoms. The molecule has 0 aliphatic rings. The van der Waals surface area contributed by atoms with Crippen LogP contribution in [-0.2, 0) is 11.2 Å². The maximum atomic E-state index is 12.0. The summed E-state index contributed by atoms with van der Waals surface area (Å²) in [5.41, 5.74) is 6.82. The third-order valence-corrected chi connectivity index (χ3v) is 3.58. The van der Waals surface area contributed by atoms with Gasteiger partial charge in [0, 0.05) is 18.0 Å². The van der Waals surface area contributed by atoms with Gasteiger partial charge in [-0.3, -0.25) is 4.79 Å². The van der Waals surface area contributed by atoms with Crippen LogP contribution in [-0.4, -0.2) is 32.2 Å². The quantitative estimate of drug-likeness (QED) is 0.803. The van der Waals surface area contributed by atoms with Crippen LogP contribution in [0.5, 0.6) is 11.5 Å². The number of amides is 1. The van der Waals surface area contributed by atoms with Gasteiger partial charge in [-0.15, -0.1) is 0 Å². The van der Waals surface area contributed by atoms with E-state index in [9.17, 15) is 4.79 Å².